The summed E-state index contributed by atoms with van der Waals surface area (Å²) >= 11 is 0. The molecule has 1 heterocycles. The summed E-state index contributed by atoms with van der Waals surface area (Å²) < 4.78 is 0. The van der Waals surface area contributed by atoms with Gasteiger partial charge in [0.2, 0.25) is 0 Å². The van der Waals surface area contributed by atoms with Gasteiger partial charge in [0.05, 0.1) is 6.20 Å². The summed E-state index contributed by atoms with van der Waals surface area (Å²) in [5.74, 6) is 0.750. The van der Waals surface area contributed by atoms with E-state index in [1.807, 2.05) is 18.2 Å². The number of nitrogens with zero attached hydrogens (tertiary/aromatic N) is 2. The Balaban J connectivity index is 1.73. The second-order valence-corrected chi connectivity index (χ2v) is 4.26. The molecule has 2 aromatic rings. The van der Waals surface area contributed by atoms with Crippen molar-refractivity contribution >= 4 is 0 Å². The molecule has 2 N–H and O–H groups in total. The van der Waals surface area contributed by atoms with E-state index in [0.717, 1.165) is 6.42 Å². The average molecular weight is 215 g/mol. The van der Waals surface area contributed by atoms with Crippen molar-refractivity contribution in [1.29, 1.82) is 0 Å². The van der Waals surface area contributed by atoms with Gasteiger partial charge in [-0.25, -0.2) is 0 Å². The molecule has 0 aliphatic heterocycles. The molecule has 0 saturated heterocycles. The molecule has 3 rings (SSSR count). The van der Waals surface area contributed by atoms with Gasteiger partial charge < -0.3 is 5.11 Å². The molecule has 1 saturated carbocycles. The zero-order chi connectivity index (χ0) is 11.0. The maximum Gasteiger partial charge on any atom is 0.111 e. The Morgan fingerprint density at radius 3 is 2.81 bits per heavy atom. The fraction of sp³-hybridized carbons (Fsp3) is 0.333. The highest BCUT2D eigenvalue weighted by Gasteiger charge is 2.44. The lowest BCUT2D eigenvalue weighted by molar-refractivity contribution is 0.146. The molecule has 0 bridgehead atoms. The van der Waals surface area contributed by atoms with Crippen molar-refractivity contribution in [2.24, 2.45) is 5.92 Å². The zero-order valence-corrected chi connectivity index (χ0v) is 8.74. The van der Waals surface area contributed by atoms with E-state index in [2.05, 4.69) is 27.5 Å². The highest BCUT2D eigenvalue weighted by atomic mass is 16.3. The van der Waals surface area contributed by atoms with Crippen LogP contribution < -0.4 is 0 Å². The first kappa shape index (κ1) is 9.54. The third-order valence-electron chi connectivity index (χ3n) is 3.21. The molecule has 1 fully saturated rings. The van der Waals surface area contributed by atoms with Gasteiger partial charge in [-0.1, -0.05) is 30.3 Å². The van der Waals surface area contributed by atoms with Gasteiger partial charge in [0, 0.05) is 0 Å². The first-order valence-electron chi connectivity index (χ1n) is 5.45. The van der Waals surface area contributed by atoms with Crippen LogP contribution in [0.15, 0.2) is 36.5 Å². The van der Waals surface area contributed by atoms with Crippen molar-refractivity contribution in [3.05, 3.63) is 47.8 Å². The summed E-state index contributed by atoms with van der Waals surface area (Å²) in [6.45, 7) is 0. The predicted molar refractivity (Wildman–Crippen MR) is 58.6 cm³/mol. The summed E-state index contributed by atoms with van der Waals surface area (Å²) in [7, 11) is 0. The number of benzene rings is 1. The maximum absolute atomic E-state index is 10.1. The largest absolute Gasteiger partial charge is 0.386 e. The Labute approximate surface area is 93.3 Å². The number of H-pyrrole nitrogens is 1. The Hall–Kier alpha value is -1.68. The molecule has 4 nitrogen and oxygen atoms in total. The molecule has 3 unspecified atom stereocenters. The minimum atomic E-state index is -0.496. The fourth-order valence-electron chi connectivity index (χ4n) is 2.22. The maximum atomic E-state index is 10.1. The molecule has 0 spiro atoms. The smallest absolute Gasteiger partial charge is 0.111 e. The van der Waals surface area contributed by atoms with Crippen molar-refractivity contribution in [3.8, 4) is 0 Å². The Morgan fingerprint density at radius 1 is 1.31 bits per heavy atom. The number of nitrogens with one attached hydrogen (secondary N) is 1. The van der Waals surface area contributed by atoms with Crippen LogP contribution in [0.5, 0.6) is 0 Å². The van der Waals surface area contributed by atoms with E-state index in [-0.39, 0.29) is 5.92 Å². The zero-order valence-electron chi connectivity index (χ0n) is 8.74. The van der Waals surface area contributed by atoms with Crippen LogP contribution in [0.1, 0.15) is 29.7 Å². The molecule has 0 amide bonds. The number of rotatable bonds is 3. The number of aromatic nitrogens is 3. The fourth-order valence-corrected chi connectivity index (χ4v) is 2.22. The number of aliphatic hydroxyl groups is 1. The quantitative estimate of drug-likeness (QED) is 0.818. The third kappa shape index (κ3) is 1.61. The Kier molecular flexibility index (Phi) is 2.22. The molecule has 3 atom stereocenters. The normalized spacial score (nSPS) is 25.3. The molecule has 1 aliphatic rings. The average Bonchev–Trinajstić information content (AvgIpc) is 2.95. The minimum Gasteiger partial charge on any atom is -0.386 e. The molecule has 0 radical (unpaired) electrons. The molecule has 1 aromatic carbocycles. The van der Waals surface area contributed by atoms with E-state index in [1.54, 1.807) is 6.20 Å². The number of hydrogen-bond donors (Lipinski definition) is 2. The molecular weight excluding hydrogens is 202 g/mol. The van der Waals surface area contributed by atoms with Crippen LogP contribution in [0.3, 0.4) is 0 Å². The molecule has 16 heavy (non-hydrogen) atoms. The van der Waals surface area contributed by atoms with Gasteiger partial charge in [0.1, 0.15) is 11.8 Å². The van der Waals surface area contributed by atoms with Gasteiger partial charge in [-0.2, -0.15) is 15.4 Å². The van der Waals surface area contributed by atoms with Gasteiger partial charge >= 0.3 is 0 Å². The number of hydrogen-bond acceptors (Lipinski definition) is 3. The van der Waals surface area contributed by atoms with Gasteiger partial charge in [-0.3, -0.25) is 0 Å². The first-order valence-corrected chi connectivity index (χ1v) is 5.45. The number of aromatic amines is 1. The Morgan fingerprint density at radius 2 is 2.12 bits per heavy atom. The third-order valence-corrected chi connectivity index (χ3v) is 3.21. The van der Waals surface area contributed by atoms with Crippen LogP contribution >= 0.6 is 0 Å². The SMILES string of the molecule is OC(c1cn[nH]n1)C1CC1c1ccccc1. The van der Waals surface area contributed by atoms with E-state index in [4.69, 9.17) is 0 Å². The lowest BCUT2D eigenvalue weighted by atomic mass is 10.1. The first-order chi connectivity index (χ1) is 7.86. The predicted octanol–water partition coefficient (Wildman–Crippen LogP) is 1.64. The van der Waals surface area contributed by atoms with E-state index in [9.17, 15) is 5.11 Å². The van der Waals surface area contributed by atoms with Crippen LogP contribution in [0.25, 0.3) is 0 Å². The van der Waals surface area contributed by atoms with Gasteiger partial charge in [0.25, 0.3) is 0 Å². The summed E-state index contributed by atoms with van der Waals surface area (Å²) in [4.78, 5) is 0. The molecule has 4 heteroatoms. The monoisotopic (exact) mass is 215 g/mol. The molecule has 82 valence electrons. The Bertz CT molecular complexity index is 454. The summed E-state index contributed by atoms with van der Waals surface area (Å²) in [6.07, 6.45) is 2.12. The van der Waals surface area contributed by atoms with Crippen molar-refractivity contribution in [2.45, 2.75) is 18.4 Å². The second-order valence-electron chi connectivity index (χ2n) is 4.26. The van der Waals surface area contributed by atoms with Crippen LogP contribution in [-0.2, 0) is 0 Å². The standard InChI is InChI=1S/C12H13N3O/c16-12(11-7-13-15-14-11)10-6-9(10)8-4-2-1-3-5-8/h1-5,7,9-10,12,16H,6H2,(H,13,14,15). The van der Waals surface area contributed by atoms with E-state index in [0.29, 0.717) is 11.6 Å². The summed E-state index contributed by atoms with van der Waals surface area (Å²) in [5, 5.41) is 20.2. The van der Waals surface area contributed by atoms with Gasteiger partial charge in [-0.05, 0) is 23.8 Å². The molecule has 1 aliphatic carbocycles. The van der Waals surface area contributed by atoms with Crippen molar-refractivity contribution < 1.29 is 5.11 Å². The lowest BCUT2D eigenvalue weighted by Gasteiger charge is -2.06. The van der Waals surface area contributed by atoms with Gasteiger partial charge in [-0.15, -0.1) is 0 Å². The minimum absolute atomic E-state index is 0.285. The lowest BCUT2D eigenvalue weighted by Crippen LogP contribution is -2.01. The van der Waals surface area contributed by atoms with Crippen molar-refractivity contribution in [1.82, 2.24) is 15.4 Å². The summed E-state index contributed by atoms with van der Waals surface area (Å²) in [5.41, 5.74) is 1.94. The van der Waals surface area contributed by atoms with E-state index in [1.165, 1.54) is 5.56 Å². The molecular formula is C12H13N3O. The van der Waals surface area contributed by atoms with Crippen molar-refractivity contribution in [2.75, 3.05) is 0 Å². The van der Waals surface area contributed by atoms with Crippen molar-refractivity contribution in [3.63, 3.8) is 0 Å². The van der Waals surface area contributed by atoms with Crippen LogP contribution in [0, 0.1) is 5.92 Å². The van der Waals surface area contributed by atoms with E-state index >= 15 is 0 Å². The number of aliphatic hydroxyl groups excluding tert-OH is 1. The second kappa shape index (κ2) is 3.72. The van der Waals surface area contributed by atoms with Gasteiger partial charge in [0.15, 0.2) is 0 Å². The highest BCUT2D eigenvalue weighted by molar-refractivity contribution is 5.27. The van der Waals surface area contributed by atoms with Crippen LogP contribution in [0.4, 0.5) is 0 Å². The van der Waals surface area contributed by atoms with Crippen LogP contribution in [0.2, 0.25) is 0 Å². The molecule has 1 aromatic heterocycles. The highest BCUT2D eigenvalue weighted by Crippen LogP contribution is 2.53. The van der Waals surface area contributed by atoms with E-state index < -0.39 is 6.10 Å². The topological polar surface area (TPSA) is 61.8 Å². The summed E-state index contributed by atoms with van der Waals surface area (Å²) in [6, 6.07) is 10.3. The van der Waals surface area contributed by atoms with Crippen LogP contribution in [-0.4, -0.2) is 20.5 Å².